The Kier molecular flexibility index (Phi) is 4.90. The molecule has 0 heterocycles. The molecule has 0 aliphatic rings. The summed E-state index contributed by atoms with van der Waals surface area (Å²) >= 11 is 0. The summed E-state index contributed by atoms with van der Waals surface area (Å²) in [5.74, 6) is -0.388. The molecule has 0 spiro atoms. The molecule has 0 aliphatic heterocycles. The Morgan fingerprint density at radius 2 is 1.85 bits per heavy atom. The number of rotatable bonds is 5. The van der Waals surface area contributed by atoms with E-state index >= 15 is 0 Å². The van der Waals surface area contributed by atoms with Crippen LogP contribution in [-0.4, -0.2) is 22.0 Å². The summed E-state index contributed by atoms with van der Waals surface area (Å²) in [6, 6.07) is 13.5. The molecule has 3 nitrogen and oxygen atoms in total. The van der Waals surface area contributed by atoms with E-state index < -0.39 is 16.0 Å². The van der Waals surface area contributed by atoms with Gasteiger partial charge in [-0.2, -0.15) is 0 Å². The smallest absolute Gasteiger partial charge is 0.322 e. The number of ether oxygens (including phenoxy) is 1. The summed E-state index contributed by atoms with van der Waals surface area (Å²) < 4.78 is 17.5. The fourth-order valence-corrected chi connectivity index (χ4v) is 3.42. The molecule has 20 heavy (non-hydrogen) atoms. The Morgan fingerprint density at radius 3 is 2.50 bits per heavy atom. The van der Waals surface area contributed by atoms with Gasteiger partial charge in [-0.3, -0.25) is 9.00 Å². The lowest BCUT2D eigenvalue weighted by molar-refractivity contribution is -0.142. The van der Waals surface area contributed by atoms with Gasteiger partial charge in [0, 0.05) is 4.90 Å². The zero-order valence-corrected chi connectivity index (χ0v) is 12.5. The Balaban J connectivity index is 2.31. The molecule has 0 bridgehead atoms. The summed E-state index contributed by atoms with van der Waals surface area (Å²) in [5.41, 5.74) is 0. The highest BCUT2D eigenvalue weighted by Gasteiger charge is 2.25. The van der Waals surface area contributed by atoms with Gasteiger partial charge in [-0.15, -0.1) is 0 Å². The van der Waals surface area contributed by atoms with Crippen molar-refractivity contribution in [3.63, 3.8) is 0 Å². The molecule has 2 unspecified atom stereocenters. The van der Waals surface area contributed by atoms with Gasteiger partial charge >= 0.3 is 5.97 Å². The van der Waals surface area contributed by atoms with Crippen molar-refractivity contribution in [1.82, 2.24) is 0 Å². The van der Waals surface area contributed by atoms with E-state index in [1.165, 1.54) is 0 Å². The highest BCUT2D eigenvalue weighted by Crippen LogP contribution is 2.21. The predicted octanol–water partition coefficient (Wildman–Crippen LogP) is 3.29. The molecule has 0 aromatic heterocycles. The third kappa shape index (κ3) is 3.07. The molecule has 0 saturated carbocycles. The van der Waals surface area contributed by atoms with Crippen molar-refractivity contribution >= 4 is 27.5 Å². The second kappa shape index (κ2) is 6.66. The normalized spacial score (nSPS) is 13.9. The van der Waals surface area contributed by atoms with E-state index in [0.717, 1.165) is 10.8 Å². The first-order chi connectivity index (χ1) is 9.67. The summed E-state index contributed by atoms with van der Waals surface area (Å²) in [5, 5.41) is 1.52. The zero-order valence-electron chi connectivity index (χ0n) is 11.7. The van der Waals surface area contributed by atoms with Crippen LogP contribution in [0.5, 0.6) is 0 Å². The predicted molar refractivity (Wildman–Crippen MR) is 81.1 cm³/mol. The van der Waals surface area contributed by atoms with Gasteiger partial charge < -0.3 is 4.74 Å². The highest BCUT2D eigenvalue weighted by atomic mass is 32.2. The number of hydrogen-bond acceptors (Lipinski definition) is 3. The second-order valence-corrected chi connectivity index (χ2v) is 6.09. The molecular weight excluding hydrogens is 272 g/mol. The maximum atomic E-state index is 12.5. The molecule has 2 rings (SSSR count). The zero-order chi connectivity index (χ0) is 14.5. The largest absolute Gasteiger partial charge is 0.465 e. The molecule has 106 valence electrons. The molecule has 4 heteroatoms. The minimum absolute atomic E-state index is 0.310. The van der Waals surface area contributed by atoms with Gasteiger partial charge in [-0.1, -0.05) is 37.3 Å². The molecule has 0 amide bonds. The minimum Gasteiger partial charge on any atom is -0.465 e. The molecule has 2 aromatic carbocycles. The minimum atomic E-state index is -1.38. The number of carbonyl (C=O) groups excluding carboxylic acids is 1. The van der Waals surface area contributed by atoms with Crippen LogP contribution in [0.15, 0.2) is 47.4 Å². The number of fused-ring (bicyclic) bond motifs is 1. The Hall–Kier alpha value is -1.68. The average Bonchev–Trinajstić information content (AvgIpc) is 2.47. The average molecular weight is 290 g/mol. The monoisotopic (exact) mass is 290 g/mol. The lowest BCUT2D eigenvalue weighted by atomic mass is 10.1. The molecule has 0 radical (unpaired) electrons. The SMILES string of the molecule is CCOC(=O)C(CC)S(=O)c1ccc2ccccc2c1. The summed E-state index contributed by atoms with van der Waals surface area (Å²) in [4.78, 5) is 12.5. The van der Waals surface area contributed by atoms with E-state index in [0.29, 0.717) is 17.9 Å². The number of hydrogen-bond donors (Lipinski definition) is 0. The highest BCUT2D eigenvalue weighted by molar-refractivity contribution is 7.86. The van der Waals surface area contributed by atoms with E-state index in [9.17, 15) is 9.00 Å². The van der Waals surface area contributed by atoms with Crippen LogP contribution in [0.1, 0.15) is 20.3 Å². The van der Waals surface area contributed by atoms with Crippen LogP contribution in [0, 0.1) is 0 Å². The number of carbonyl (C=O) groups is 1. The Labute approximate surface area is 121 Å². The van der Waals surface area contributed by atoms with Gasteiger partial charge in [-0.25, -0.2) is 0 Å². The van der Waals surface area contributed by atoms with Crippen LogP contribution in [0.4, 0.5) is 0 Å². The topological polar surface area (TPSA) is 43.4 Å². The fraction of sp³-hybridized carbons (Fsp3) is 0.312. The Morgan fingerprint density at radius 1 is 1.15 bits per heavy atom. The molecule has 2 aromatic rings. The van der Waals surface area contributed by atoms with Gasteiger partial charge in [0.15, 0.2) is 0 Å². The van der Waals surface area contributed by atoms with Gasteiger partial charge in [0.05, 0.1) is 17.4 Å². The van der Waals surface area contributed by atoms with E-state index in [1.54, 1.807) is 6.92 Å². The van der Waals surface area contributed by atoms with E-state index in [1.807, 2.05) is 49.4 Å². The molecule has 0 N–H and O–H groups in total. The van der Waals surface area contributed by atoms with Crippen molar-refractivity contribution in [2.45, 2.75) is 30.4 Å². The van der Waals surface area contributed by atoms with Crippen molar-refractivity contribution in [2.24, 2.45) is 0 Å². The molecule has 2 atom stereocenters. The van der Waals surface area contributed by atoms with Gasteiger partial charge in [0.1, 0.15) is 5.25 Å². The fourth-order valence-electron chi connectivity index (χ4n) is 2.10. The van der Waals surface area contributed by atoms with Gasteiger partial charge in [0.2, 0.25) is 0 Å². The first kappa shape index (κ1) is 14.7. The number of esters is 1. The molecule has 0 fully saturated rings. The second-order valence-electron chi connectivity index (χ2n) is 4.46. The van der Waals surface area contributed by atoms with Crippen LogP contribution in [0.2, 0.25) is 0 Å². The van der Waals surface area contributed by atoms with Crippen LogP contribution >= 0.6 is 0 Å². The van der Waals surface area contributed by atoms with E-state index in [-0.39, 0.29) is 5.97 Å². The van der Waals surface area contributed by atoms with Crippen molar-refractivity contribution in [2.75, 3.05) is 6.61 Å². The number of benzene rings is 2. The first-order valence-electron chi connectivity index (χ1n) is 6.73. The summed E-state index contributed by atoms with van der Waals surface area (Å²) in [7, 11) is -1.38. The molecule has 0 saturated heterocycles. The van der Waals surface area contributed by atoms with Crippen molar-refractivity contribution in [3.05, 3.63) is 42.5 Å². The van der Waals surface area contributed by atoms with E-state index in [2.05, 4.69) is 0 Å². The molecular formula is C16H18O3S. The lowest BCUT2D eigenvalue weighted by Crippen LogP contribution is -2.27. The standard InChI is InChI=1S/C16H18O3S/c1-3-15(16(17)19-4-2)20(18)14-10-9-12-7-5-6-8-13(12)11-14/h5-11,15H,3-4H2,1-2H3. The van der Waals surface area contributed by atoms with Gasteiger partial charge in [-0.05, 0) is 36.2 Å². The van der Waals surface area contributed by atoms with Crippen LogP contribution in [0.3, 0.4) is 0 Å². The van der Waals surface area contributed by atoms with Crippen molar-refractivity contribution in [3.8, 4) is 0 Å². The van der Waals surface area contributed by atoms with Crippen molar-refractivity contribution in [1.29, 1.82) is 0 Å². The van der Waals surface area contributed by atoms with Crippen LogP contribution in [0.25, 0.3) is 10.8 Å². The summed E-state index contributed by atoms with van der Waals surface area (Å²) in [6.45, 7) is 3.91. The van der Waals surface area contributed by atoms with Crippen LogP contribution < -0.4 is 0 Å². The third-order valence-corrected chi connectivity index (χ3v) is 4.89. The van der Waals surface area contributed by atoms with Gasteiger partial charge in [0.25, 0.3) is 0 Å². The lowest BCUT2D eigenvalue weighted by Gasteiger charge is -2.13. The Bertz CT molecular complexity index is 636. The van der Waals surface area contributed by atoms with E-state index in [4.69, 9.17) is 4.74 Å². The quantitative estimate of drug-likeness (QED) is 0.794. The maximum Gasteiger partial charge on any atom is 0.322 e. The van der Waals surface area contributed by atoms with Crippen LogP contribution in [-0.2, 0) is 20.3 Å². The maximum absolute atomic E-state index is 12.5. The van der Waals surface area contributed by atoms with Crippen molar-refractivity contribution < 1.29 is 13.7 Å². The molecule has 0 aliphatic carbocycles. The summed E-state index contributed by atoms with van der Waals surface area (Å²) in [6.07, 6.45) is 0.498. The first-order valence-corrected chi connectivity index (χ1v) is 7.94. The third-order valence-electron chi connectivity index (χ3n) is 3.13.